The molecular weight excluding hydrogens is 448 g/mol. The van der Waals surface area contributed by atoms with Crippen molar-refractivity contribution in [2.75, 3.05) is 0 Å². The summed E-state index contributed by atoms with van der Waals surface area (Å²) in [5.74, 6) is -0.607. The molecule has 1 aliphatic carbocycles. The summed E-state index contributed by atoms with van der Waals surface area (Å²) in [6.07, 6.45) is -1.94. The van der Waals surface area contributed by atoms with E-state index in [1.807, 2.05) is 0 Å². The van der Waals surface area contributed by atoms with Crippen LogP contribution in [-0.4, -0.2) is 32.2 Å². The molecule has 2 aromatic rings. The Morgan fingerprint density at radius 3 is 2.48 bits per heavy atom. The van der Waals surface area contributed by atoms with Gasteiger partial charge in [0, 0.05) is 23.2 Å². The van der Waals surface area contributed by atoms with Crippen molar-refractivity contribution in [3.63, 3.8) is 0 Å². The number of nitrogens with zero attached hydrogens (tertiary/aromatic N) is 2. The van der Waals surface area contributed by atoms with E-state index < -0.39 is 40.2 Å². The molecule has 0 aliphatic heterocycles. The quantitative estimate of drug-likeness (QED) is 0.322. The number of rotatable bonds is 4. The van der Waals surface area contributed by atoms with Crippen LogP contribution >= 0.6 is 15.9 Å². The minimum Gasteiger partial charge on any atom is -0.591 e. The summed E-state index contributed by atoms with van der Waals surface area (Å²) >= 11 is 1.20. The highest BCUT2D eigenvalue weighted by atomic mass is 79.9. The van der Waals surface area contributed by atoms with Crippen LogP contribution < -0.4 is 0 Å². The maximum atomic E-state index is 14.1. The Morgan fingerprint density at radius 1 is 1.33 bits per heavy atom. The van der Waals surface area contributed by atoms with Crippen LogP contribution in [-0.2, 0) is 11.4 Å². The van der Waals surface area contributed by atoms with Gasteiger partial charge in [0.1, 0.15) is 28.1 Å². The number of fused-ring (bicyclic) bond motifs is 1. The molecule has 1 atom stereocenters. The fourth-order valence-corrected chi connectivity index (χ4v) is 3.89. The van der Waals surface area contributed by atoms with Crippen molar-refractivity contribution in [3.8, 4) is 0 Å². The molecule has 1 heterocycles. The van der Waals surface area contributed by atoms with Gasteiger partial charge >= 0.3 is 0 Å². The second kappa shape index (κ2) is 7.40. The van der Waals surface area contributed by atoms with E-state index in [0.29, 0.717) is 5.52 Å². The van der Waals surface area contributed by atoms with Crippen molar-refractivity contribution >= 4 is 43.9 Å². The SMILES string of the molecule is CC(C)(C)[S@+]([O-])N=C(c1cn(C2CC(F)C2)c2cc(Br)c(F)cc12)C(F)F. The fourth-order valence-electron chi connectivity index (χ4n) is 2.93. The second-order valence-electron chi connectivity index (χ2n) is 7.59. The Labute approximate surface area is 166 Å². The molecule has 27 heavy (non-hydrogen) atoms. The molecule has 148 valence electrons. The van der Waals surface area contributed by atoms with Gasteiger partial charge in [-0.1, -0.05) is 4.40 Å². The first kappa shape index (κ1) is 20.7. The molecule has 1 aromatic carbocycles. The van der Waals surface area contributed by atoms with Crippen LogP contribution in [0, 0.1) is 5.82 Å². The molecule has 9 heteroatoms. The zero-order chi connectivity index (χ0) is 20.1. The van der Waals surface area contributed by atoms with Gasteiger partial charge in [0.15, 0.2) is 5.71 Å². The normalized spacial score (nSPS) is 22.4. The van der Waals surface area contributed by atoms with Crippen LogP contribution in [0.3, 0.4) is 0 Å². The van der Waals surface area contributed by atoms with E-state index in [0.717, 1.165) is 6.07 Å². The summed E-state index contributed by atoms with van der Waals surface area (Å²) in [5, 5.41) is 0.239. The third-order valence-corrected chi connectivity index (χ3v) is 6.53. The van der Waals surface area contributed by atoms with E-state index in [4.69, 9.17) is 0 Å². The molecular formula is C18H19BrF4N2OS. The number of hydrogen-bond donors (Lipinski definition) is 0. The Bertz CT molecular complexity index is 888. The molecule has 1 saturated carbocycles. The number of hydrogen-bond acceptors (Lipinski definition) is 2. The lowest BCUT2D eigenvalue weighted by molar-refractivity contribution is 0.140. The van der Waals surface area contributed by atoms with E-state index in [9.17, 15) is 22.1 Å². The average molecular weight is 467 g/mol. The highest BCUT2D eigenvalue weighted by Gasteiger charge is 2.35. The summed E-state index contributed by atoms with van der Waals surface area (Å²) < 4.78 is 72.1. The van der Waals surface area contributed by atoms with Gasteiger partial charge < -0.3 is 9.12 Å². The third-order valence-electron chi connectivity index (χ3n) is 4.51. The first-order valence-electron chi connectivity index (χ1n) is 8.41. The lowest BCUT2D eigenvalue weighted by Crippen LogP contribution is -2.28. The van der Waals surface area contributed by atoms with Gasteiger partial charge in [-0.25, -0.2) is 17.6 Å². The molecule has 0 spiro atoms. The standard InChI is InChI=1S/C18H19BrF4N2OS/c1-18(2,3)27(26)24-16(17(22)23)12-8-25(10-4-9(20)5-10)15-7-13(19)14(21)6-11(12)15/h6-10,17H,4-5H2,1-3H3/t9?,10?,27-/m0/s1. The summed E-state index contributed by atoms with van der Waals surface area (Å²) in [6, 6.07) is 2.44. The Balaban J connectivity index is 2.19. The topological polar surface area (TPSA) is 40.4 Å². The molecule has 1 aliphatic rings. The Morgan fingerprint density at radius 2 is 1.96 bits per heavy atom. The van der Waals surface area contributed by atoms with Crippen molar-refractivity contribution in [3.05, 3.63) is 34.2 Å². The Kier molecular flexibility index (Phi) is 5.67. The van der Waals surface area contributed by atoms with Crippen LogP contribution in [0.15, 0.2) is 27.2 Å². The molecule has 0 N–H and O–H groups in total. The van der Waals surface area contributed by atoms with E-state index in [1.54, 1.807) is 25.3 Å². The van der Waals surface area contributed by atoms with Crippen LogP contribution in [0.4, 0.5) is 17.6 Å². The van der Waals surface area contributed by atoms with Gasteiger partial charge in [0.05, 0.1) is 9.99 Å². The highest BCUT2D eigenvalue weighted by molar-refractivity contribution is 9.10. The predicted octanol–water partition coefficient (Wildman–Crippen LogP) is 5.73. The number of benzene rings is 1. The number of alkyl halides is 3. The van der Waals surface area contributed by atoms with Gasteiger partial charge in [-0.15, -0.1) is 0 Å². The molecule has 1 aromatic heterocycles. The van der Waals surface area contributed by atoms with Gasteiger partial charge in [-0.2, -0.15) is 0 Å². The van der Waals surface area contributed by atoms with Gasteiger partial charge in [-0.3, -0.25) is 0 Å². The van der Waals surface area contributed by atoms with Crippen LogP contribution in [0.1, 0.15) is 45.2 Å². The summed E-state index contributed by atoms with van der Waals surface area (Å²) in [6.45, 7) is 4.89. The fraction of sp³-hybridized carbons (Fsp3) is 0.500. The van der Waals surface area contributed by atoms with E-state index in [-0.39, 0.29) is 34.3 Å². The maximum absolute atomic E-state index is 14.1. The monoisotopic (exact) mass is 466 g/mol. The van der Waals surface area contributed by atoms with Crippen molar-refractivity contribution in [2.24, 2.45) is 4.40 Å². The van der Waals surface area contributed by atoms with Crippen molar-refractivity contribution in [1.29, 1.82) is 0 Å². The zero-order valence-electron chi connectivity index (χ0n) is 15.0. The smallest absolute Gasteiger partial charge is 0.285 e. The number of aromatic nitrogens is 1. The second-order valence-corrected chi connectivity index (χ2v) is 10.4. The molecule has 3 nitrogen and oxygen atoms in total. The summed E-state index contributed by atoms with van der Waals surface area (Å²) in [4.78, 5) is 0. The maximum Gasteiger partial charge on any atom is 0.285 e. The summed E-state index contributed by atoms with van der Waals surface area (Å²) in [7, 11) is 0. The van der Waals surface area contributed by atoms with Crippen LogP contribution in [0.5, 0.6) is 0 Å². The minimum atomic E-state index is -2.99. The molecule has 0 unspecified atom stereocenters. The van der Waals surface area contributed by atoms with Crippen molar-refractivity contribution in [1.82, 2.24) is 4.57 Å². The van der Waals surface area contributed by atoms with Gasteiger partial charge in [0.25, 0.3) is 6.43 Å². The lowest BCUT2D eigenvalue weighted by atomic mass is 9.90. The highest BCUT2D eigenvalue weighted by Crippen LogP contribution is 2.40. The largest absolute Gasteiger partial charge is 0.591 e. The van der Waals surface area contributed by atoms with Gasteiger partial charge in [-0.05, 0) is 61.7 Å². The third kappa shape index (κ3) is 4.05. The Hall–Kier alpha value is -1.06. The van der Waals surface area contributed by atoms with E-state index in [2.05, 4.69) is 20.3 Å². The average Bonchev–Trinajstić information content (AvgIpc) is 2.86. The summed E-state index contributed by atoms with van der Waals surface area (Å²) in [5.41, 5.74) is -0.124. The van der Waals surface area contributed by atoms with Crippen molar-refractivity contribution < 1.29 is 22.1 Å². The predicted molar refractivity (Wildman–Crippen MR) is 103 cm³/mol. The molecule has 3 rings (SSSR count). The molecule has 0 radical (unpaired) electrons. The minimum absolute atomic E-state index is 0.0197. The first-order valence-corrected chi connectivity index (χ1v) is 10.3. The molecule has 1 fully saturated rings. The van der Waals surface area contributed by atoms with Crippen molar-refractivity contribution in [2.45, 2.75) is 57.0 Å². The zero-order valence-corrected chi connectivity index (χ0v) is 17.4. The van der Waals surface area contributed by atoms with E-state index in [1.165, 1.54) is 12.3 Å². The number of halogens is 5. The molecule has 0 saturated heterocycles. The molecule has 0 bridgehead atoms. The first-order chi connectivity index (χ1) is 12.5. The lowest BCUT2D eigenvalue weighted by Gasteiger charge is -2.31. The van der Waals surface area contributed by atoms with Gasteiger partial charge in [0.2, 0.25) is 0 Å². The van der Waals surface area contributed by atoms with E-state index >= 15 is 0 Å². The molecule has 0 amide bonds. The van der Waals surface area contributed by atoms with Crippen LogP contribution in [0.25, 0.3) is 10.9 Å². The van der Waals surface area contributed by atoms with Crippen LogP contribution in [0.2, 0.25) is 0 Å².